The van der Waals surface area contributed by atoms with Crippen molar-refractivity contribution in [1.82, 2.24) is 20.4 Å². The topological polar surface area (TPSA) is 60.0 Å². The van der Waals surface area contributed by atoms with Crippen molar-refractivity contribution in [2.75, 3.05) is 46.8 Å². The number of guanidine groups is 1. The van der Waals surface area contributed by atoms with E-state index in [1.165, 1.54) is 25.8 Å². The van der Waals surface area contributed by atoms with Crippen LogP contribution in [-0.2, 0) is 4.79 Å². The first kappa shape index (κ1) is 20.7. The van der Waals surface area contributed by atoms with Gasteiger partial charge in [0.25, 0.3) is 0 Å². The van der Waals surface area contributed by atoms with Gasteiger partial charge in [-0.3, -0.25) is 4.79 Å². The van der Waals surface area contributed by atoms with Crippen LogP contribution in [0.3, 0.4) is 0 Å². The number of likely N-dealkylation sites (tertiary alicyclic amines) is 1. The summed E-state index contributed by atoms with van der Waals surface area (Å²) in [5.41, 5.74) is 0. The number of aliphatic imine (C=N–C) groups is 1. The molecule has 6 nitrogen and oxygen atoms in total. The first-order valence-corrected chi connectivity index (χ1v) is 9.36. The van der Waals surface area contributed by atoms with Crippen molar-refractivity contribution in [1.29, 1.82) is 0 Å². The van der Waals surface area contributed by atoms with Crippen molar-refractivity contribution in [3.05, 3.63) is 0 Å². The molecule has 0 aromatic carbocycles. The van der Waals surface area contributed by atoms with Gasteiger partial charge in [0.05, 0.1) is 0 Å². The van der Waals surface area contributed by atoms with Crippen LogP contribution < -0.4 is 10.6 Å². The minimum absolute atomic E-state index is 0.0165. The summed E-state index contributed by atoms with van der Waals surface area (Å²) < 4.78 is 0. The van der Waals surface area contributed by atoms with Crippen LogP contribution in [0.1, 0.15) is 46.5 Å². The summed E-state index contributed by atoms with van der Waals surface area (Å²) in [6, 6.07) is 0.712. The molecular weight excluding hydrogens is 302 g/mol. The molecule has 1 unspecified atom stereocenters. The predicted molar refractivity (Wildman–Crippen MR) is 101 cm³/mol. The van der Waals surface area contributed by atoms with Crippen molar-refractivity contribution in [2.24, 2.45) is 10.9 Å². The second kappa shape index (κ2) is 11.3. The van der Waals surface area contributed by atoms with Crippen molar-refractivity contribution in [2.45, 2.75) is 52.5 Å². The molecule has 1 saturated heterocycles. The number of nitrogens with one attached hydrogen (secondary N) is 2. The van der Waals surface area contributed by atoms with Gasteiger partial charge >= 0.3 is 0 Å². The molecule has 0 radical (unpaired) electrons. The zero-order chi connectivity index (χ0) is 17.9. The van der Waals surface area contributed by atoms with E-state index in [2.05, 4.69) is 41.3 Å². The maximum atomic E-state index is 11.7. The normalized spacial score (nSPS) is 19.4. The number of piperidine rings is 1. The summed E-state index contributed by atoms with van der Waals surface area (Å²) >= 11 is 0. The zero-order valence-electron chi connectivity index (χ0n) is 16.3. The number of hydrogen-bond donors (Lipinski definition) is 2. The van der Waals surface area contributed by atoms with E-state index in [4.69, 9.17) is 0 Å². The summed E-state index contributed by atoms with van der Waals surface area (Å²) in [4.78, 5) is 20.3. The second-order valence-electron chi connectivity index (χ2n) is 7.39. The van der Waals surface area contributed by atoms with Crippen molar-refractivity contribution < 1.29 is 4.79 Å². The van der Waals surface area contributed by atoms with Crippen LogP contribution in [0, 0.1) is 5.92 Å². The molecule has 1 aliphatic heterocycles. The van der Waals surface area contributed by atoms with Crippen LogP contribution >= 0.6 is 0 Å². The number of amides is 1. The Morgan fingerprint density at radius 1 is 1.29 bits per heavy atom. The third kappa shape index (κ3) is 8.52. The Morgan fingerprint density at radius 3 is 2.67 bits per heavy atom. The van der Waals surface area contributed by atoms with E-state index in [1.807, 2.05) is 0 Å². The molecule has 0 aromatic heterocycles. The maximum absolute atomic E-state index is 11.7. The summed E-state index contributed by atoms with van der Waals surface area (Å²) in [5.74, 6) is 1.30. The first-order chi connectivity index (χ1) is 11.4. The Bertz CT molecular complexity index is 395. The van der Waals surface area contributed by atoms with Gasteiger partial charge < -0.3 is 20.4 Å². The van der Waals surface area contributed by atoms with Crippen LogP contribution in [0.25, 0.3) is 0 Å². The number of rotatable bonds is 8. The molecule has 6 heteroatoms. The quantitative estimate of drug-likeness (QED) is 0.400. The average Bonchev–Trinajstić information content (AvgIpc) is 2.54. The molecule has 0 bridgehead atoms. The van der Waals surface area contributed by atoms with E-state index >= 15 is 0 Å². The Labute approximate surface area is 148 Å². The Morgan fingerprint density at radius 2 is 2.04 bits per heavy atom. The van der Waals surface area contributed by atoms with Gasteiger partial charge in [0.1, 0.15) is 6.54 Å². The Hall–Kier alpha value is -1.30. The fraction of sp³-hybridized carbons (Fsp3) is 0.889. The lowest BCUT2D eigenvalue weighted by molar-refractivity contribution is -0.127. The lowest BCUT2D eigenvalue weighted by Gasteiger charge is -2.33. The van der Waals surface area contributed by atoms with E-state index in [-0.39, 0.29) is 12.5 Å². The molecule has 24 heavy (non-hydrogen) atoms. The number of carbonyl (C=O) groups excluding carboxylic acids is 1. The Balaban J connectivity index is 2.37. The van der Waals surface area contributed by atoms with Crippen LogP contribution in [0.15, 0.2) is 4.99 Å². The molecule has 0 saturated carbocycles. The van der Waals surface area contributed by atoms with Gasteiger partial charge in [-0.25, -0.2) is 4.99 Å². The van der Waals surface area contributed by atoms with Gasteiger partial charge in [0.15, 0.2) is 5.96 Å². The van der Waals surface area contributed by atoms with Crippen molar-refractivity contribution >= 4 is 11.9 Å². The van der Waals surface area contributed by atoms with E-state index in [1.54, 1.807) is 19.0 Å². The largest absolute Gasteiger partial charge is 0.356 e. The predicted octanol–water partition coefficient (Wildman–Crippen LogP) is 1.53. The lowest BCUT2D eigenvalue weighted by atomic mass is 10.0. The summed E-state index contributed by atoms with van der Waals surface area (Å²) in [5, 5.41) is 6.68. The average molecular weight is 340 g/mol. The fourth-order valence-electron chi connectivity index (χ4n) is 2.74. The monoisotopic (exact) mass is 339 g/mol. The fourth-order valence-corrected chi connectivity index (χ4v) is 2.74. The van der Waals surface area contributed by atoms with Crippen LogP contribution in [0.5, 0.6) is 0 Å². The van der Waals surface area contributed by atoms with Crippen LogP contribution in [0.4, 0.5) is 0 Å². The summed E-state index contributed by atoms with van der Waals surface area (Å²) in [6.07, 6.45) is 5.11. The highest BCUT2D eigenvalue weighted by Gasteiger charge is 2.17. The molecule has 1 amide bonds. The van der Waals surface area contributed by atoms with Crippen molar-refractivity contribution in [3.63, 3.8) is 0 Å². The maximum Gasteiger partial charge on any atom is 0.243 e. The minimum atomic E-state index is 0.0165. The summed E-state index contributed by atoms with van der Waals surface area (Å²) in [7, 11) is 3.51. The highest BCUT2D eigenvalue weighted by Crippen LogP contribution is 2.15. The van der Waals surface area contributed by atoms with E-state index < -0.39 is 0 Å². The molecule has 1 rings (SSSR count). The molecular formula is C18H37N5O. The lowest BCUT2D eigenvalue weighted by Crippen LogP contribution is -2.42. The molecule has 1 heterocycles. The summed E-state index contributed by atoms with van der Waals surface area (Å²) in [6.45, 7) is 10.9. The van der Waals surface area contributed by atoms with Crippen LogP contribution in [-0.4, -0.2) is 74.5 Å². The first-order valence-electron chi connectivity index (χ1n) is 9.36. The van der Waals surface area contributed by atoms with Gasteiger partial charge in [-0.2, -0.15) is 0 Å². The zero-order valence-corrected chi connectivity index (χ0v) is 16.3. The van der Waals surface area contributed by atoms with E-state index in [0.717, 1.165) is 32.0 Å². The SMILES string of the molecule is CC(C)CNC(=NCC(=O)N(C)C)NCCCN1CCCCC1C. The number of hydrogen-bond acceptors (Lipinski definition) is 3. The molecule has 0 aliphatic carbocycles. The molecule has 1 aliphatic rings. The van der Waals surface area contributed by atoms with Crippen molar-refractivity contribution in [3.8, 4) is 0 Å². The number of likely N-dealkylation sites (N-methyl/N-ethyl adjacent to an activating group) is 1. The molecule has 0 aromatic rings. The molecule has 140 valence electrons. The van der Waals surface area contributed by atoms with Gasteiger partial charge in [-0.15, -0.1) is 0 Å². The van der Waals surface area contributed by atoms with Gasteiger partial charge in [0.2, 0.25) is 5.91 Å². The number of carbonyl (C=O) groups is 1. The van der Waals surface area contributed by atoms with Gasteiger partial charge in [0, 0.05) is 39.8 Å². The van der Waals surface area contributed by atoms with Gasteiger partial charge in [-0.1, -0.05) is 20.3 Å². The number of nitrogens with zero attached hydrogens (tertiary/aromatic N) is 3. The smallest absolute Gasteiger partial charge is 0.243 e. The Kier molecular flexibility index (Phi) is 9.76. The van der Waals surface area contributed by atoms with E-state index in [0.29, 0.717) is 12.0 Å². The molecule has 1 fully saturated rings. The van der Waals surface area contributed by atoms with E-state index in [9.17, 15) is 4.79 Å². The second-order valence-corrected chi connectivity index (χ2v) is 7.39. The minimum Gasteiger partial charge on any atom is -0.356 e. The van der Waals surface area contributed by atoms with Crippen LogP contribution in [0.2, 0.25) is 0 Å². The molecule has 2 N–H and O–H groups in total. The highest BCUT2D eigenvalue weighted by atomic mass is 16.2. The van der Waals surface area contributed by atoms with Gasteiger partial charge in [-0.05, 0) is 38.6 Å². The standard InChI is InChI=1S/C18H37N5O/c1-15(2)13-20-18(21-14-17(24)22(4)5)19-10-8-12-23-11-7-6-9-16(23)3/h15-16H,6-14H2,1-5H3,(H2,19,20,21). The third-order valence-corrected chi connectivity index (χ3v) is 4.40. The molecule has 1 atom stereocenters. The highest BCUT2D eigenvalue weighted by molar-refractivity contribution is 5.84. The molecule has 0 spiro atoms. The third-order valence-electron chi connectivity index (χ3n) is 4.40.